The van der Waals surface area contributed by atoms with Crippen molar-refractivity contribution < 1.29 is 14.6 Å². The van der Waals surface area contributed by atoms with Gasteiger partial charge in [-0.3, -0.25) is 9.89 Å². The first kappa shape index (κ1) is 15.8. The molecule has 1 aliphatic rings. The van der Waals surface area contributed by atoms with E-state index in [1.807, 2.05) is 27.7 Å². The molecule has 0 bridgehead atoms. The minimum atomic E-state index is -0.507. The van der Waals surface area contributed by atoms with Gasteiger partial charge >= 0.3 is 0 Å². The third-order valence-corrected chi connectivity index (χ3v) is 3.59. The van der Waals surface area contributed by atoms with E-state index in [9.17, 15) is 9.90 Å². The maximum absolute atomic E-state index is 12.6. The lowest BCUT2D eigenvalue weighted by Gasteiger charge is -2.42. The Kier molecular flexibility index (Phi) is 4.25. The summed E-state index contributed by atoms with van der Waals surface area (Å²) < 4.78 is 5.71. The zero-order valence-corrected chi connectivity index (χ0v) is 13.0. The second-order valence-corrected chi connectivity index (χ2v) is 6.42. The van der Waals surface area contributed by atoms with Crippen molar-refractivity contribution >= 4 is 11.6 Å². The van der Waals surface area contributed by atoms with Crippen LogP contribution in [0.2, 0.25) is 0 Å². The number of carbonyl (C=O) groups excluding carboxylic acids is 1. The summed E-state index contributed by atoms with van der Waals surface area (Å²) in [6, 6.07) is 0. The molecule has 1 aromatic rings. The molecule has 1 aliphatic heterocycles. The lowest BCUT2D eigenvalue weighted by molar-refractivity contribution is -0.139. The van der Waals surface area contributed by atoms with Crippen LogP contribution < -0.4 is 5.73 Å². The SMILES string of the molecule is CC(C)c1[nH]nc(C(=O)N2CC(CO)OC(C)(C)C2)c1N. The molecule has 1 aromatic heterocycles. The van der Waals surface area contributed by atoms with Crippen LogP contribution in [-0.2, 0) is 4.74 Å². The van der Waals surface area contributed by atoms with E-state index in [1.54, 1.807) is 4.90 Å². The summed E-state index contributed by atoms with van der Waals surface area (Å²) in [5, 5.41) is 16.2. The number of anilines is 1. The van der Waals surface area contributed by atoms with E-state index in [4.69, 9.17) is 10.5 Å². The lowest BCUT2D eigenvalue weighted by atomic mass is 10.0. The number of aromatic amines is 1. The first-order chi connectivity index (χ1) is 9.75. The molecule has 1 amide bonds. The summed E-state index contributed by atoms with van der Waals surface area (Å²) in [4.78, 5) is 14.3. The number of nitrogens with one attached hydrogen (secondary N) is 1. The Morgan fingerprint density at radius 2 is 2.29 bits per heavy atom. The number of nitrogens with zero attached hydrogens (tertiary/aromatic N) is 2. The molecule has 7 nitrogen and oxygen atoms in total. The number of aliphatic hydroxyl groups excluding tert-OH is 1. The summed E-state index contributed by atoms with van der Waals surface area (Å²) in [7, 11) is 0. The number of aliphatic hydroxyl groups is 1. The fourth-order valence-electron chi connectivity index (χ4n) is 2.66. The first-order valence-corrected chi connectivity index (χ1v) is 7.17. The van der Waals surface area contributed by atoms with Gasteiger partial charge in [-0.05, 0) is 19.8 Å². The molecule has 1 atom stereocenters. The molecule has 0 radical (unpaired) electrons. The Morgan fingerprint density at radius 1 is 1.62 bits per heavy atom. The maximum Gasteiger partial charge on any atom is 0.276 e. The lowest BCUT2D eigenvalue weighted by Crippen LogP contribution is -2.55. The van der Waals surface area contributed by atoms with E-state index in [0.717, 1.165) is 5.69 Å². The van der Waals surface area contributed by atoms with Crippen LogP contribution in [0.15, 0.2) is 0 Å². The third kappa shape index (κ3) is 3.19. The summed E-state index contributed by atoms with van der Waals surface area (Å²) >= 11 is 0. The summed E-state index contributed by atoms with van der Waals surface area (Å²) in [6.45, 7) is 8.40. The van der Waals surface area contributed by atoms with E-state index < -0.39 is 5.60 Å². The second-order valence-electron chi connectivity index (χ2n) is 6.42. The number of amides is 1. The standard InChI is InChI=1S/C14H24N4O3/c1-8(2)11-10(15)12(17-16-11)13(20)18-5-9(6-19)21-14(3,4)7-18/h8-9,19H,5-7,15H2,1-4H3,(H,16,17). The van der Waals surface area contributed by atoms with Crippen molar-refractivity contribution in [1.29, 1.82) is 0 Å². The molecule has 1 fully saturated rings. The minimum Gasteiger partial charge on any atom is -0.395 e. The van der Waals surface area contributed by atoms with Gasteiger partial charge in [-0.15, -0.1) is 0 Å². The molecule has 0 saturated carbocycles. The molecule has 2 rings (SSSR count). The molecule has 0 aliphatic carbocycles. The average Bonchev–Trinajstić information content (AvgIpc) is 2.77. The summed E-state index contributed by atoms with van der Waals surface area (Å²) in [5.74, 6) is -0.0594. The highest BCUT2D eigenvalue weighted by Crippen LogP contribution is 2.26. The van der Waals surface area contributed by atoms with Crippen molar-refractivity contribution in [3.63, 3.8) is 0 Å². The number of hydrogen-bond donors (Lipinski definition) is 3. The van der Waals surface area contributed by atoms with Gasteiger partial charge in [0.2, 0.25) is 0 Å². The summed E-state index contributed by atoms with van der Waals surface area (Å²) in [6.07, 6.45) is -0.387. The van der Waals surface area contributed by atoms with Gasteiger partial charge in [-0.25, -0.2) is 0 Å². The van der Waals surface area contributed by atoms with Crippen LogP contribution in [0.4, 0.5) is 5.69 Å². The van der Waals surface area contributed by atoms with Gasteiger partial charge in [0.25, 0.3) is 5.91 Å². The fourth-order valence-corrected chi connectivity index (χ4v) is 2.66. The number of hydrogen-bond acceptors (Lipinski definition) is 5. The number of aromatic nitrogens is 2. The Balaban J connectivity index is 2.23. The Labute approximate surface area is 124 Å². The quantitative estimate of drug-likeness (QED) is 0.762. The monoisotopic (exact) mass is 296 g/mol. The van der Waals surface area contributed by atoms with Gasteiger partial charge in [0, 0.05) is 13.1 Å². The second kappa shape index (κ2) is 5.65. The first-order valence-electron chi connectivity index (χ1n) is 7.17. The van der Waals surface area contributed by atoms with Gasteiger partial charge in [0.1, 0.15) is 0 Å². The van der Waals surface area contributed by atoms with Gasteiger partial charge in [-0.1, -0.05) is 13.8 Å². The Hall–Kier alpha value is -1.60. The molecule has 0 spiro atoms. The van der Waals surface area contributed by atoms with Crippen LogP contribution in [0.3, 0.4) is 0 Å². The third-order valence-electron chi connectivity index (χ3n) is 3.59. The van der Waals surface area contributed by atoms with Crippen molar-refractivity contribution in [2.45, 2.75) is 45.3 Å². The number of ether oxygens (including phenoxy) is 1. The predicted molar refractivity (Wildman–Crippen MR) is 79.0 cm³/mol. The number of nitrogen functional groups attached to an aromatic ring is 1. The van der Waals surface area contributed by atoms with Crippen molar-refractivity contribution in [2.24, 2.45) is 0 Å². The fraction of sp³-hybridized carbons (Fsp3) is 0.714. The number of rotatable bonds is 3. The molecule has 118 valence electrons. The van der Waals surface area contributed by atoms with Crippen molar-refractivity contribution in [1.82, 2.24) is 15.1 Å². The maximum atomic E-state index is 12.6. The number of H-pyrrole nitrogens is 1. The Morgan fingerprint density at radius 3 is 2.81 bits per heavy atom. The van der Waals surface area contributed by atoms with Crippen LogP contribution in [0.1, 0.15) is 49.8 Å². The van der Waals surface area contributed by atoms with E-state index in [1.165, 1.54) is 0 Å². The van der Waals surface area contributed by atoms with Gasteiger partial charge in [0.15, 0.2) is 5.69 Å². The van der Waals surface area contributed by atoms with Crippen LogP contribution in [0, 0.1) is 0 Å². The normalized spacial score (nSPS) is 21.8. The van der Waals surface area contributed by atoms with Crippen LogP contribution in [0.5, 0.6) is 0 Å². The van der Waals surface area contributed by atoms with Gasteiger partial charge in [-0.2, -0.15) is 5.10 Å². The van der Waals surface area contributed by atoms with E-state index >= 15 is 0 Å². The van der Waals surface area contributed by atoms with Crippen LogP contribution in [0.25, 0.3) is 0 Å². The molecule has 7 heteroatoms. The topological polar surface area (TPSA) is 104 Å². The number of nitrogens with two attached hydrogens (primary N) is 1. The van der Waals surface area contributed by atoms with Crippen LogP contribution in [-0.4, -0.2) is 57.5 Å². The highest BCUT2D eigenvalue weighted by atomic mass is 16.5. The smallest absolute Gasteiger partial charge is 0.276 e. The minimum absolute atomic E-state index is 0.125. The van der Waals surface area contributed by atoms with E-state index in [-0.39, 0.29) is 30.2 Å². The predicted octanol–water partition coefficient (Wildman–Crippen LogP) is 0.727. The molecule has 1 saturated heterocycles. The zero-order valence-electron chi connectivity index (χ0n) is 13.0. The van der Waals surface area contributed by atoms with E-state index in [0.29, 0.717) is 18.8 Å². The highest BCUT2D eigenvalue weighted by molar-refractivity contribution is 5.97. The average molecular weight is 296 g/mol. The molecule has 4 N–H and O–H groups in total. The molecular weight excluding hydrogens is 272 g/mol. The molecular formula is C14H24N4O3. The summed E-state index contributed by atoms with van der Waals surface area (Å²) in [5.41, 5.74) is 6.93. The number of carbonyl (C=O) groups is 1. The highest BCUT2D eigenvalue weighted by Gasteiger charge is 2.37. The van der Waals surface area contributed by atoms with E-state index in [2.05, 4.69) is 10.2 Å². The molecule has 2 heterocycles. The van der Waals surface area contributed by atoms with Crippen molar-refractivity contribution in [3.8, 4) is 0 Å². The molecule has 0 aromatic carbocycles. The largest absolute Gasteiger partial charge is 0.395 e. The molecule has 21 heavy (non-hydrogen) atoms. The van der Waals surface area contributed by atoms with Crippen LogP contribution >= 0.6 is 0 Å². The van der Waals surface area contributed by atoms with Crippen molar-refractivity contribution in [2.75, 3.05) is 25.4 Å². The number of morpholine rings is 1. The van der Waals surface area contributed by atoms with Crippen molar-refractivity contribution in [3.05, 3.63) is 11.4 Å². The zero-order chi connectivity index (χ0) is 15.8. The van der Waals surface area contributed by atoms with Gasteiger partial charge in [0.05, 0.1) is 29.7 Å². The Bertz CT molecular complexity index is 524. The van der Waals surface area contributed by atoms with Gasteiger partial charge < -0.3 is 20.5 Å². The molecule has 1 unspecified atom stereocenters.